The molecular formula is C14H22OSi. The number of carbonyl (C=O) groups excluding carboxylic acids is 1. The summed E-state index contributed by atoms with van der Waals surface area (Å²) < 4.78 is 0. The van der Waals surface area contributed by atoms with Crippen molar-refractivity contribution in [3.8, 4) is 0 Å². The third-order valence-electron chi connectivity index (χ3n) is 4.15. The van der Waals surface area contributed by atoms with Crippen molar-refractivity contribution in [1.29, 1.82) is 0 Å². The first-order chi connectivity index (χ1) is 7.38. The third-order valence-corrected chi connectivity index (χ3v) is 6.20. The lowest BCUT2D eigenvalue weighted by molar-refractivity contribution is -0.121. The van der Waals surface area contributed by atoms with Gasteiger partial charge in [0.05, 0.1) is 13.5 Å². The smallest absolute Gasteiger partial charge is 0.165 e. The van der Waals surface area contributed by atoms with Crippen molar-refractivity contribution in [1.82, 2.24) is 0 Å². The highest BCUT2D eigenvalue weighted by Gasteiger charge is 2.47. The molecule has 0 aliphatic heterocycles. The number of hydrogen-bond acceptors (Lipinski definition) is 1. The van der Waals surface area contributed by atoms with E-state index < -0.39 is 8.07 Å². The first-order valence-electron chi connectivity index (χ1n) is 6.31. The Morgan fingerprint density at radius 2 is 1.94 bits per heavy atom. The predicted octanol–water partition coefficient (Wildman–Crippen LogP) is 3.88. The van der Waals surface area contributed by atoms with Gasteiger partial charge < -0.3 is 0 Å². The van der Waals surface area contributed by atoms with Crippen molar-refractivity contribution in [3.63, 3.8) is 0 Å². The highest BCUT2D eigenvalue weighted by atomic mass is 28.3. The standard InChI is InChI=1S/C14H22OSi/c1-11-7-5-6-9-14(11)10-8-12(13(14)15)16(2,3)4/h7-8H,5-6,9-10H2,1-4H3. The van der Waals surface area contributed by atoms with Crippen molar-refractivity contribution >= 4 is 13.9 Å². The quantitative estimate of drug-likeness (QED) is 0.497. The zero-order chi connectivity index (χ0) is 12.0. The fourth-order valence-electron chi connectivity index (χ4n) is 3.04. The van der Waals surface area contributed by atoms with E-state index in [-0.39, 0.29) is 5.41 Å². The van der Waals surface area contributed by atoms with Gasteiger partial charge in [0.2, 0.25) is 0 Å². The van der Waals surface area contributed by atoms with E-state index in [1.165, 1.54) is 17.2 Å². The molecule has 0 aromatic rings. The van der Waals surface area contributed by atoms with Crippen molar-refractivity contribution in [2.24, 2.45) is 5.41 Å². The minimum atomic E-state index is -1.44. The Kier molecular flexibility index (Phi) is 2.73. The predicted molar refractivity (Wildman–Crippen MR) is 71.1 cm³/mol. The van der Waals surface area contributed by atoms with Crippen molar-refractivity contribution in [2.45, 2.75) is 52.2 Å². The molecule has 16 heavy (non-hydrogen) atoms. The summed E-state index contributed by atoms with van der Waals surface area (Å²) in [6, 6.07) is 0. The summed E-state index contributed by atoms with van der Waals surface area (Å²) in [4.78, 5) is 12.7. The van der Waals surface area contributed by atoms with Gasteiger partial charge in [0.15, 0.2) is 5.78 Å². The van der Waals surface area contributed by atoms with Crippen LogP contribution in [-0.2, 0) is 4.79 Å². The molecule has 0 fully saturated rings. The SMILES string of the molecule is CC1=CCCCC12CC=C([Si](C)(C)C)C2=O. The van der Waals surface area contributed by atoms with Gasteiger partial charge in [-0.2, -0.15) is 0 Å². The van der Waals surface area contributed by atoms with Crippen LogP contribution < -0.4 is 0 Å². The molecule has 1 unspecified atom stereocenters. The zero-order valence-electron chi connectivity index (χ0n) is 10.9. The van der Waals surface area contributed by atoms with Gasteiger partial charge in [-0.05, 0) is 37.8 Å². The molecule has 0 aromatic heterocycles. The maximum atomic E-state index is 12.7. The summed E-state index contributed by atoms with van der Waals surface area (Å²) in [5, 5.41) is 1.18. The first-order valence-corrected chi connectivity index (χ1v) is 9.81. The number of rotatable bonds is 1. The molecule has 88 valence electrons. The van der Waals surface area contributed by atoms with E-state index in [1.807, 2.05) is 0 Å². The van der Waals surface area contributed by atoms with Crippen LogP contribution in [0.3, 0.4) is 0 Å². The number of allylic oxidation sites excluding steroid dienone is 4. The van der Waals surface area contributed by atoms with Crippen LogP contribution in [0, 0.1) is 5.41 Å². The molecule has 0 heterocycles. The van der Waals surface area contributed by atoms with Crippen LogP contribution >= 0.6 is 0 Å². The van der Waals surface area contributed by atoms with Gasteiger partial charge in [-0.15, -0.1) is 0 Å². The van der Waals surface area contributed by atoms with Crippen molar-refractivity contribution in [2.75, 3.05) is 0 Å². The van der Waals surface area contributed by atoms with Crippen LogP contribution in [0.4, 0.5) is 0 Å². The molecule has 0 N–H and O–H groups in total. The lowest BCUT2D eigenvalue weighted by Gasteiger charge is -2.33. The number of carbonyl (C=O) groups is 1. The molecular weight excluding hydrogens is 212 g/mol. The maximum Gasteiger partial charge on any atom is 0.165 e. The van der Waals surface area contributed by atoms with Crippen LogP contribution in [0.25, 0.3) is 0 Å². The second-order valence-electron chi connectivity index (χ2n) is 6.26. The third kappa shape index (κ3) is 1.63. The van der Waals surface area contributed by atoms with Crippen LogP contribution in [0.2, 0.25) is 19.6 Å². The van der Waals surface area contributed by atoms with E-state index in [2.05, 4.69) is 38.7 Å². The summed E-state index contributed by atoms with van der Waals surface area (Å²) in [7, 11) is -1.44. The van der Waals surface area contributed by atoms with E-state index in [0.29, 0.717) is 5.78 Å². The van der Waals surface area contributed by atoms with Crippen LogP contribution in [0.5, 0.6) is 0 Å². The van der Waals surface area contributed by atoms with Gasteiger partial charge in [-0.25, -0.2) is 0 Å². The molecule has 1 atom stereocenters. The second kappa shape index (κ2) is 3.69. The highest BCUT2D eigenvalue weighted by molar-refractivity contribution is 6.87. The Labute approximate surface area is 99.6 Å². The summed E-state index contributed by atoms with van der Waals surface area (Å²) in [6.07, 6.45) is 8.89. The van der Waals surface area contributed by atoms with Gasteiger partial charge in [-0.1, -0.05) is 37.4 Å². The van der Waals surface area contributed by atoms with Gasteiger partial charge >= 0.3 is 0 Å². The lowest BCUT2D eigenvalue weighted by Crippen LogP contribution is -2.37. The van der Waals surface area contributed by atoms with Crippen LogP contribution in [-0.4, -0.2) is 13.9 Å². The van der Waals surface area contributed by atoms with Crippen LogP contribution in [0.15, 0.2) is 22.9 Å². The first kappa shape index (κ1) is 11.8. The Hall–Kier alpha value is -0.633. The van der Waals surface area contributed by atoms with E-state index >= 15 is 0 Å². The second-order valence-corrected chi connectivity index (χ2v) is 11.3. The molecule has 0 saturated carbocycles. The zero-order valence-corrected chi connectivity index (χ0v) is 11.9. The summed E-state index contributed by atoms with van der Waals surface area (Å²) >= 11 is 0. The van der Waals surface area contributed by atoms with Crippen LogP contribution in [0.1, 0.15) is 32.6 Å². The normalized spacial score (nSPS) is 30.6. The minimum Gasteiger partial charge on any atom is -0.294 e. The van der Waals surface area contributed by atoms with Gasteiger partial charge in [-0.3, -0.25) is 4.79 Å². The van der Waals surface area contributed by atoms with Gasteiger partial charge in [0.25, 0.3) is 0 Å². The van der Waals surface area contributed by atoms with E-state index in [0.717, 1.165) is 19.3 Å². The number of hydrogen-bond donors (Lipinski definition) is 0. The summed E-state index contributed by atoms with van der Waals surface area (Å²) in [5.41, 5.74) is 1.21. The molecule has 0 radical (unpaired) electrons. The fourth-order valence-corrected chi connectivity index (χ4v) is 4.67. The average Bonchev–Trinajstić information content (AvgIpc) is 2.50. The van der Waals surface area contributed by atoms with Crippen molar-refractivity contribution < 1.29 is 4.79 Å². The fraction of sp³-hybridized carbons (Fsp3) is 0.643. The van der Waals surface area contributed by atoms with E-state index in [1.54, 1.807) is 0 Å². The lowest BCUT2D eigenvalue weighted by atomic mass is 9.70. The molecule has 2 aliphatic carbocycles. The summed E-state index contributed by atoms with van der Waals surface area (Å²) in [5.74, 6) is 0.458. The van der Waals surface area contributed by atoms with Gasteiger partial charge in [0, 0.05) is 0 Å². The molecule has 1 nitrogen and oxygen atoms in total. The highest BCUT2D eigenvalue weighted by Crippen LogP contribution is 2.48. The number of Topliss-reactive ketones (excluding diaryl/α,β-unsaturated/α-hetero) is 1. The Balaban J connectivity index is 2.35. The minimum absolute atomic E-state index is 0.117. The molecule has 2 heteroatoms. The number of ketones is 1. The molecule has 0 amide bonds. The van der Waals surface area contributed by atoms with Crippen molar-refractivity contribution in [3.05, 3.63) is 22.9 Å². The largest absolute Gasteiger partial charge is 0.294 e. The Morgan fingerprint density at radius 1 is 1.25 bits per heavy atom. The maximum absolute atomic E-state index is 12.7. The monoisotopic (exact) mass is 234 g/mol. The molecule has 0 saturated heterocycles. The molecule has 0 bridgehead atoms. The molecule has 1 spiro atoms. The molecule has 0 aromatic carbocycles. The summed E-state index contributed by atoms with van der Waals surface area (Å²) in [6.45, 7) is 8.98. The van der Waals surface area contributed by atoms with E-state index in [4.69, 9.17) is 0 Å². The Morgan fingerprint density at radius 3 is 2.44 bits per heavy atom. The topological polar surface area (TPSA) is 17.1 Å². The molecule has 2 aliphatic rings. The van der Waals surface area contributed by atoms with E-state index in [9.17, 15) is 4.79 Å². The average molecular weight is 234 g/mol. The molecule has 2 rings (SSSR count). The Bertz CT molecular complexity index is 384. The van der Waals surface area contributed by atoms with Gasteiger partial charge in [0.1, 0.15) is 0 Å².